The van der Waals surface area contributed by atoms with Crippen molar-refractivity contribution in [2.24, 2.45) is 11.7 Å². The van der Waals surface area contributed by atoms with E-state index in [2.05, 4.69) is 20.9 Å². The predicted octanol–water partition coefficient (Wildman–Crippen LogP) is 2.02. The van der Waals surface area contributed by atoms with E-state index in [1.54, 1.807) is 0 Å². The van der Waals surface area contributed by atoms with Gasteiger partial charge in [0.1, 0.15) is 10.7 Å². The van der Waals surface area contributed by atoms with Crippen molar-refractivity contribution in [3.8, 4) is 5.19 Å². The fourth-order valence-electron chi connectivity index (χ4n) is 1.40. The Balaban J connectivity index is 1.81. The number of thiazole rings is 1. The van der Waals surface area contributed by atoms with E-state index in [1.165, 1.54) is 11.3 Å². The Bertz CT molecular complexity index is 285. The maximum absolute atomic E-state index is 5.63. The van der Waals surface area contributed by atoms with Crippen LogP contribution in [0.1, 0.15) is 12.8 Å². The zero-order chi connectivity index (χ0) is 9.26. The molecule has 0 spiro atoms. The molecule has 72 valence electrons. The quantitative estimate of drug-likeness (QED) is 0.907. The molecular weight excluding hydrogens is 252 g/mol. The van der Waals surface area contributed by atoms with E-state index in [9.17, 15) is 0 Å². The van der Waals surface area contributed by atoms with Gasteiger partial charge >= 0.3 is 0 Å². The van der Waals surface area contributed by atoms with Gasteiger partial charge in [-0.15, -0.1) is 0 Å². The summed E-state index contributed by atoms with van der Waals surface area (Å²) in [5.74, 6) is 0.661. The van der Waals surface area contributed by atoms with E-state index in [0.29, 0.717) is 12.0 Å². The van der Waals surface area contributed by atoms with E-state index in [1.807, 2.05) is 5.38 Å². The molecule has 1 aromatic rings. The molecule has 2 N–H and O–H groups in total. The van der Waals surface area contributed by atoms with Crippen molar-refractivity contribution in [2.45, 2.75) is 18.9 Å². The molecule has 0 bridgehead atoms. The van der Waals surface area contributed by atoms with Crippen molar-refractivity contribution >= 4 is 27.3 Å². The molecule has 0 saturated heterocycles. The van der Waals surface area contributed by atoms with Crippen molar-refractivity contribution < 1.29 is 4.74 Å². The first kappa shape index (κ1) is 9.43. The molecule has 0 unspecified atom stereocenters. The molecule has 0 aliphatic heterocycles. The van der Waals surface area contributed by atoms with Gasteiger partial charge in [0.2, 0.25) is 0 Å². The van der Waals surface area contributed by atoms with Gasteiger partial charge in [-0.05, 0) is 41.2 Å². The molecule has 13 heavy (non-hydrogen) atoms. The topological polar surface area (TPSA) is 48.1 Å². The smallest absolute Gasteiger partial charge is 0.274 e. The fraction of sp³-hybridized carbons (Fsp3) is 0.625. The van der Waals surface area contributed by atoms with Crippen LogP contribution in [0.4, 0.5) is 0 Å². The maximum Gasteiger partial charge on any atom is 0.274 e. The molecule has 1 saturated carbocycles. The summed E-state index contributed by atoms with van der Waals surface area (Å²) in [5.41, 5.74) is 5.52. The number of ether oxygens (including phenoxy) is 1. The van der Waals surface area contributed by atoms with E-state index in [0.717, 1.165) is 29.2 Å². The average Bonchev–Trinajstić information content (AvgIpc) is 2.43. The van der Waals surface area contributed by atoms with Crippen LogP contribution < -0.4 is 10.5 Å². The largest absolute Gasteiger partial charge is 0.467 e. The molecule has 5 heteroatoms. The molecule has 0 amide bonds. The average molecular weight is 263 g/mol. The van der Waals surface area contributed by atoms with Crippen LogP contribution >= 0.6 is 27.3 Å². The number of rotatable bonds is 3. The SMILES string of the molecule is NCC1CC(Oc2nc(Br)cs2)C1. The van der Waals surface area contributed by atoms with Crippen molar-refractivity contribution in [1.82, 2.24) is 4.98 Å². The third-order valence-electron chi connectivity index (χ3n) is 2.25. The summed E-state index contributed by atoms with van der Waals surface area (Å²) < 4.78 is 6.47. The molecular formula is C8H11BrN2OS. The highest BCUT2D eigenvalue weighted by Gasteiger charge is 2.30. The first-order valence-electron chi connectivity index (χ1n) is 4.25. The Kier molecular flexibility index (Phi) is 2.86. The lowest BCUT2D eigenvalue weighted by Gasteiger charge is -2.33. The van der Waals surface area contributed by atoms with Crippen LogP contribution in [0.15, 0.2) is 9.98 Å². The summed E-state index contributed by atoms with van der Waals surface area (Å²) in [6, 6.07) is 0. The zero-order valence-corrected chi connectivity index (χ0v) is 9.47. The van der Waals surface area contributed by atoms with Gasteiger partial charge in [0, 0.05) is 5.38 Å². The molecule has 2 rings (SSSR count). The lowest BCUT2D eigenvalue weighted by molar-refractivity contribution is 0.0687. The van der Waals surface area contributed by atoms with Gasteiger partial charge in [-0.1, -0.05) is 11.3 Å². The molecule has 1 aliphatic rings. The summed E-state index contributed by atoms with van der Waals surface area (Å²) in [4.78, 5) is 4.17. The summed E-state index contributed by atoms with van der Waals surface area (Å²) in [6.07, 6.45) is 2.49. The monoisotopic (exact) mass is 262 g/mol. The van der Waals surface area contributed by atoms with Crippen LogP contribution in [-0.4, -0.2) is 17.6 Å². The normalized spacial score (nSPS) is 26.9. The minimum absolute atomic E-state index is 0.339. The van der Waals surface area contributed by atoms with Crippen LogP contribution in [0.3, 0.4) is 0 Å². The Hall–Kier alpha value is -0.130. The highest BCUT2D eigenvalue weighted by molar-refractivity contribution is 9.10. The first-order valence-corrected chi connectivity index (χ1v) is 5.93. The number of hydrogen-bond donors (Lipinski definition) is 1. The van der Waals surface area contributed by atoms with E-state index >= 15 is 0 Å². The van der Waals surface area contributed by atoms with Gasteiger partial charge in [-0.25, -0.2) is 0 Å². The molecule has 0 atom stereocenters. The summed E-state index contributed by atoms with van der Waals surface area (Å²) in [5, 5.41) is 2.68. The number of nitrogens with zero attached hydrogens (tertiary/aromatic N) is 1. The van der Waals surface area contributed by atoms with E-state index in [-0.39, 0.29) is 0 Å². The van der Waals surface area contributed by atoms with Crippen LogP contribution in [-0.2, 0) is 0 Å². The highest BCUT2D eigenvalue weighted by atomic mass is 79.9. The number of halogens is 1. The predicted molar refractivity (Wildman–Crippen MR) is 56.0 cm³/mol. The maximum atomic E-state index is 5.63. The van der Waals surface area contributed by atoms with Crippen LogP contribution in [0.5, 0.6) is 5.19 Å². The highest BCUT2D eigenvalue weighted by Crippen LogP contribution is 2.32. The lowest BCUT2D eigenvalue weighted by Crippen LogP contribution is -2.37. The second kappa shape index (κ2) is 3.94. The summed E-state index contributed by atoms with van der Waals surface area (Å²) in [6.45, 7) is 0.779. The van der Waals surface area contributed by atoms with Crippen molar-refractivity contribution in [3.05, 3.63) is 9.98 Å². The van der Waals surface area contributed by atoms with E-state index < -0.39 is 0 Å². The fourth-order valence-corrected chi connectivity index (χ4v) is 2.55. The molecule has 0 radical (unpaired) electrons. The summed E-state index contributed by atoms with van der Waals surface area (Å²) in [7, 11) is 0. The van der Waals surface area contributed by atoms with Gasteiger partial charge in [-0.3, -0.25) is 0 Å². The second-order valence-electron chi connectivity index (χ2n) is 3.25. The first-order chi connectivity index (χ1) is 6.28. The van der Waals surface area contributed by atoms with Gasteiger partial charge in [0.25, 0.3) is 5.19 Å². The molecule has 1 heterocycles. The Labute approximate surface area is 89.4 Å². The third-order valence-corrected chi connectivity index (χ3v) is 3.69. The molecule has 0 aromatic carbocycles. The minimum atomic E-state index is 0.339. The van der Waals surface area contributed by atoms with Crippen molar-refractivity contribution in [2.75, 3.05) is 6.54 Å². The van der Waals surface area contributed by atoms with E-state index in [4.69, 9.17) is 10.5 Å². The zero-order valence-electron chi connectivity index (χ0n) is 7.07. The lowest BCUT2D eigenvalue weighted by atomic mass is 9.82. The van der Waals surface area contributed by atoms with Gasteiger partial charge in [0.05, 0.1) is 0 Å². The standard InChI is InChI=1S/C8H11BrN2OS/c9-7-4-13-8(11-7)12-6-1-5(2-6)3-10/h4-6H,1-3,10H2. The Morgan fingerprint density at radius 1 is 1.69 bits per heavy atom. The van der Waals surface area contributed by atoms with Crippen molar-refractivity contribution in [1.29, 1.82) is 0 Å². The Morgan fingerprint density at radius 2 is 2.46 bits per heavy atom. The second-order valence-corrected chi connectivity index (χ2v) is 4.88. The minimum Gasteiger partial charge on any atom is -0.467 e. The van der Waals surface area contributed by atoms with Gasteiger partial charge in [-0.2, -0.15) is 4.98 Å². The van der Waals surface area contributed by atoms with Crippen LogP contribution in [0.25, 0.3) is 0 Å². The molecule has 1 aromatic heterocycles. The number of aromatic nitrogens is 1. The number of hydrogen-bond acceptors (Lipinski definition) is 4. The Morgan fingerprint density at radius 3 is 3.00 bits per heavy atom. The number of nitrogens with two attached hydrogens (primary N) is 1. The molecule has 1 aliphatic carbocycles. The van der Waals surface area contributed by atoms with Gasteiger partial charge < -0.3 is 10.5 Å². The van der Waals surface area contributed by atoms with Crippen molar-refractivity contribution in [3.63, 3.8) is 0 Å². The molecule has 3 nitrogen and oxygen atoms in total. The van der Waals surface area contributed by atoms with Gasteiger partial charge in [0.15, 0.2) is 0 Å². The van der Waals surface area contributed by atoms with Crippen LogP contribution in [0, 0.1) is 5.92 Å². The summed E-state index contributed by atoms with van der Waals surface area (Å²) >= 11 is 4.81. The third kappa shape index (κ3) is 2.21. The van der Waals surface area contributed by atoms with Crippen LogP contribution in [0.2, 0.25) is 0 Å². The molecule has 1 fully saturated rings.